The van der Waals surface area contributed by atoms with Gasteiger partial charge in [0.05, 0.1) is 12.3 Å². The molecule has 3 N–H and O–H groups in total. The first-order chi connectivity index (χ1) is 17.4. The molecule has 4 aromatic rings. The Balaban J connectivity index is 1.47. The number of aliphatic hydroxyl groups is 1. The second-order valence-corrected chi connectivity index (χ2v) is 9.96. The number of rotatable bonds is 6. The van der Waals surface area contributed by atoms with E-state index in [1.54, 1.807) is 9.36 Å². The van der Waals surface area contributed by atoms with Gasteiger partial charge in [0.15, 0.2) is 11.5 Å². The van der Waals surface area contributed by atoms with Gasteiger partial charge in [0.1, 0.15) is 11.2 Å². The number of anilines is 2. The van der Waals surface area contributed by atoms with Crippen molar-refractivity contribution >= 4 is 22.7 Å². The van der Waals surface area contributed by atoms with E-state index in [4.69, 9.17) is 4.98 Å². The summed E-state index contributed by atoms with van der Waals surface area (Å²) in [4.78, 5) is 27.0. The van der Waals surface area contributed by atoms with Crippen LogP contribution in [0.25, 0.3) is 16.9 Å². The molecule has 0 atom stereocenters. The fourth-order valence-corrected chi connectivity index (χ4v) is 4.97. The maximum atomic E-state index is 14.7. The minimum atomic E-state index is -0.657. The van der Waals surface area contributed by atoms with E-state index in [-0.39, 0.29) is 23.9 Å². The summed E-state index contributed by atoms with van der Waals surface area (Å²) in [5, 5.41) is 16.8. The minimum absolute atomic E-state index is 0.170. The molecule has 0 spiro atoms. The number of pyridine rings is 1. The summed E-state index contributed by atoms with van der Waals surface area (Å²) in [6.45, 7) is 5.42. The Bertz CT molecular complexity index is 1540. The lowest BCUT2D eigenvalue weighted by atomic mass is 10.0. The number of hydrogen-bond acceptors (Lipinski definition) is 7. The zero-order valence-corrected chi connectivity index (χ0v) is 20.3. The number of hydrogen-bond donors (Lipinski definition) is 3. The van der Waals surface area contributed by atoms with E-state index in [2.05, 4.69) is 32.7 Å². The number of nitrogens with zero attached hydrogens (tertiary/aromatic N) is 5. The average molecular weight is 490 g/mol. The van der Waals surface area contributed by atoms with Crippen molar-refractivity contribution in [3.63, 3.8) is 0 Å². The third-order valence-corrected chi connectivity index (χ3v) is 7.17. The number of halogens is 1. The number of fused-ring (bicyclic) bond motifs is 2. The molecule has 1 saturated carbocycles. The van der Waals surface area contributed by atoms with Crippen LogP contribution in [0.15, 0.2) is 41.3 Å². The smallest absolute Gasteiger partial charge is 0.278 e. The first-order valence-electron chi connectivity index (χ1n) is 12.3. The maximum Gasteiger partial charge on any atom is 0.278 e. The molecule has 1 aliphatic carbocycles. The third kappa shape index (κ3) is 3.68. The van der Waals surface area contributed by atoms with E-state index in [0.717, 1.165) is 25.2 Å². The van der Waals surface area contributed by atoms with Crippen LogP contribution in [-0.2, 0) is 18.4 Å². The van der Waals surface area contributed by atoms with Crippen LogP contribution in [0.3, 0.4) is 0 Å². The van der Waals surface area contributed by atoms with Gasteiger partial charge >= 0.3 is 0 Å². The zero-order valence-electron chi connectivity index (χ0n) is 20.3. The zero-order chi connectivity index (χ0) is 25.0. The molecule has 1 aromatic carbocycles. The summed E-state index contributed by atoms with van der Waals surface area (Å²) in [5.74, 6) is 0.264. The van der Waals surface area contributed by atoms with Crippen LogP contribution in [0.2, 0.25) is 0 Å². The predicted molar refractivity (Wildman–Crippen MR) is 134 cm³/mol. The second-order valence-electron chi connectivity index (χ2n) is 9.96. The summed E-state index contributed by atoms with van der Waals surface area (Å²) >= 11 is 0. The molecule has 0 radical (unpaired) electrons. The molecule has 4 heterocycles. The van der Waals surface area contributed by atoms with Crippen LogP contribution in [0.5, 0.6) is 0 Å². The van der Waals surface area contributed by atoms with E-state index in [1.165, 1.54) is 29.5 Å². The van der Waals surface area contributed by atoms with Crippen LogP contribution in [-0.4, -0.2) is 42.6 Å². The van der Waals surface area contributed by atoms with Crippen molar-refractivity contribution < 1.29 is 9.50 Å². The lowest BCUT2D eigenvalue weighted by Gasteiger charge is -2.18. The van der Waals surface area contributed by atoms with Crippen molar-refractivity contribution in [1.82, 2.24) is 29.6 Å². The van der Waals surface area contributed by atoms with Gasteiger partial charge in [-0.1, -0.05) is 6.07 Å². The summed E-state index contributed by atoms with van der Waals surface area (Å²) in [7, 11) is 0. The van der Waals surface area contributed by atoms with Crippen LogP contribution in [0, 0.1) is 5.82 Å². The van der Waals surface area contributed by atoms with Crippen LogP contribution in [0.4, 0.5) is 16.0 Å². The standard InChI is InChI=1S/C26H28FN7O2/c1-15(2)33-24(36)19-13-29-25(30-18-4-3-17-12-28-10-7-16(17)11-18)32-23(19)34(33)21-6-5-20(27)22(31-21)26(14-35)8-9-26/h3-6,11,13,15,28,35H,7-10,12,14H2,1-2H3,(H,29,30,32). The van der Waals surface area contributed by atoms with Gasteiger partial charge in [-0.05, 0) is 75.0 Å². The minimum Gasteiger partial charge on any atom is -0.395 e. The van der Waals surface area contributed by atoms with Crippen molar-refractivity contribution in [3.8, 4) is 5.82 Å². The molecule has 9 nitrogen and oxygen atoms in total. The SMILES string of the molecule is CC(C)n1c(=O)c2cnc(Nc3ccc4c(c3)CCNC4)nc2n1-c1ccc(F)c(C2(CO)CC2)n1. The van der Waals surface area contributed by atoms with Gasteiger partial charge in [-0.15, -0.1) is 0 Å². The van der Waals surface area contributed by atoms with Crippen molar-refractivity contribution in [2.75, 3.05) is 18.5 Å². The normalized spacial score (nSPS) is 16.4. The number of aromatic nitrogens is 5. The first kappa shape index (κ1) is 22.8. The molecule has 3 aromatic heterocycles. The summed E-state index contributed by atoms with van der Waals surface area (Å²) in [6, 6.07) is 8.86. The molecule has 0 unspecified atom stereocenters. The predicted octanol–water partition coefficient (Wildman–Crippen LogP) is 3.11. The summed E-state index contributed by atoms with van der Waals surface area (Å²) in [5.41, 5.74) is 3.13. The molecule has 0 amide bonds. The highest BCUT2D eigenvalue weighted by atomic mass is 19.1. The van der Waals surface area contributed by atoms with Crippen molar-refractivity contribution in [1.29, 1.82) is 0 Å². The third-order valence-electron chi connectivity index (χ3n) is 7.17. The second kappa shape index (κ2) is 8.49. The van der Waals surface area contributed by atoms with Gasteiger partial charge in [-0.25, -0.2) is 23.7 Å². The van der Waals surface area contributed by atoms with Gasteiger partial charge in [0.2, 0.25) is 5.95 Å². The van der Waals surface area contributed by atoms with Crippen molar-refractivity contribution in [3.05, 3.63) is 69.5 Å². The van der Waals surface area contributed by atoms with Crippen LogP contribution >= 0.6 is 0 Å². The number of benzene rings is 1. The van der Waals surface area contributed by atoms with Crippen molar-refractivity contribution in [2.45, 2.75) is 51.1 Å². The molecule has 2 aliphatic rings. The Morgan fingerprint density at radius 2 is 2.03 bits per heavy atom. The molecule has 1 aliphatic heterocycles. The van der Waals surface area contributed by atoms with E-state index in [0.29, 0.717) is 35.6 Å². The summed E-state index contributed by atoms with van der Waals surface area (Å²) in [6.07, 6.45) is 3.82. The highest BCUT2D eigenvalue weighted by molar-refractivity contribution is 5.77. The van der Waals surface area contributed by atoms with E-state index < -0.39 is 11.2 Å². The molecule has 0 bridgehead atoms. The molecule has 1 fully saturated rings. The lowest BCUT2D eigenvalue weighted by molar-refractivity contribution is 0.249. The topological polar surface area (TPSA) is 110 Å². The Morgan fingerprint density at radius 3 is 2.78 bits per heavy atom. The molecule has 10 heteroatoms. The molecule has 186 valence electrons. The Labute approximate surface area is 207 Å². The molecular formula is C26H28FN7O2. The number of nitrogens with one attached hydrogen (secondary N) is 2. The number of aliphatic hydroxyl groups excluding tert-OH is 1. The van der Waals surface area contributed by atoms with Gasteiger partial charge < -0.3 is 15.7 Å². The lowest BCUT2D eigenvalue weighted by Crippen LogP contribution is -2.25. The van der Waals surface area contributed by atoms with Crippen LogP contribution < -0.4 is 16.2 Å². The first-order valence-corrected chi connectivity index (χ1v) is 12.3. The fraction of sp³-hybridized carbons (Fsp3) is 0.385. The fourth-order valence-electron chi connectivity index (χ4n) is 4.97. The molecule has 0 saturated heterocycles. The van der Waals surface area contributed by atoms with E-state index in [9.17, 15) is 14.3 Å². The maximum absolute atomic E-state index is 14.7. The quantitative estimate of drug-likeness (QED) is 0.382. The highest BCUT2D eigenvalue weighted by Crippen LogP contribution is 2.47. The summed E-state index contributed by atoms with van der Waals surface area (Å²) < 4.78 is 17.9. The molecule has 6 rings (SSSR count). The van der Waals surface area contributed by atoms with Gasteiger partial charge in [0.25, 0.3) is 5.56 Å². The average Bonchev–Trinajstić information content (AvgIpc) is 3.62. The monoisotopic (exact) mass is 489 g/mol. The van der Waals surface area contributed by atoms with Crippen molar-refractivity contribution in [2.24, 2.45) is 0 Å². The van der Waals surface area contributed by atoms with Gasteiger partial charge in [-0.3, -0.25) is 4.79 Å². The Hall–Kier alpha value is -3.63. The van der Waals surface area contributed by atoms with Gasteiger partial charge in [-0.2, -0.15) is 4.98 Å². The van der Waals surface area contributed by atoms with Gasteiger partial charge in [0, 0.05) is 29.9 Å². The molecular weight excluding hydrogens is 461 g/mol. The Morgan fingerprint density at radius 1 is 1.19 bits per heavy atom. The van der Waals surface area contributed by atoms with E-state index in [1.807, 2.05) is 19.9 Å². The molecule has 36 heavy (non-hydrogen) atoms. The Kier molecular flexibility index (Phi) is 5.38. The highest BCUT2D eigenvalue weighted by Gasteiger charge is 2.47. The van der Waals surface area contributed by atoms with Crippen LogP contribution in [0.1, 0.15) is 49.6 Å². The largest absolute Gasteiger partial charge is 0.395 e. The van der Waals surface area contributed by atoms with E-state index >= 15 is 0 Å².